The molecule has 2 N–H and O–H groups in total. The molecule has 0 aliphatic rings. The lowest BCUT2D eigenvalue weighted by molar-refractivity contribution is -0.140. The highest BCUT2D eigenvalue weighted by atomic mass is 32.1. The summed E-state index contributed by atoms with van der Waals surface area (Å²) in [5, 5.41) is 13.2. The van der Waals surface area contributed by atoms with Gasteiger partial charge in [0.15, 0.2) is 4.96 Å². The summed E-state index contributed by atoms with van der Waals surface area (Å²) in [6.45, 7) is 5.09. The summed E-state index contributed by atoms with van der Waals surface area (Å²) in [7, 11) is 0. The standard InChI is InChI=1S/C13H15N3O4S/c1-6(2)9(12(19)20)15-10(17)8-4-14-13-16(11(8)18)7(3)5-21-13/h4-6,9H,1-3H3,(H,15,17)(H,19,20)/t9-/m0/s1. The predicted octanol–water partition coefficient (Wildman–Crippen LogP) is 0.903. The fraction of sp³-hybridized carbons (Fsp3) is 0.385. The van der Waals surface area contributed by atoms with Gasteiger partial charge in [0.1, 0.15) is 11.6 Å². The second-order valence-electron chi connectivity index (χ2n) is 5.01. The van der Waals surface area contributed by atoms with Crippen LogP contribution in [0.5, 0.6) is 0 Å². The minimum atomic E-state index is -1.14. The van der Waals surface area contributed by atoms with Crippen molar-refractivity contribution in [3.05, 3.63) is 33.2 Å². The number of hydrogen-bond donors (Lipinski definition) is 2. The quantitative estimate of drug-likeness (QED) is 0.874. The molecule has 0 aliphatic carbocycles. The molecule has 112 valence electrons. The lowest BCUT2D eigenvalue weighted by Crippen LogP contribution is -2.45. The van der Waals surface area contributed by atoms with E-state index >= 15 is 0 Å². The molecule has 2 rings (SSSR count). The van der Waals surface area contributed by atoms with Crippen LogP contribution in [0.15, 0.2) is 16.4 Å². The van der Waals surface area contributed by atoms with Crippen LogP contribution in [0.4, 0.5) is 0 Å². The SMILES string of the molecule is Cc1csc2ncc(C(=O)N[C@H](C(=O)O)C(C)C)c(=O)n12. The van der Waals surface area contributed by atoms with Crippen LogP contribution in [-0.2, 0) is 4.79 Å². The van der Waals surface area contributed by atoms with Crippen LogP contribution in [-0.4, -0.2) is 32.4 Å². The molecule has 1 amide bonds. The molecule has 0 fully saturated rings. The first kappa shape index (κ1) is 15.2. The Morgan fingerprint density at radius 2 is 2.10 bits per heavy atom. The van der Waals surface area contributed by atoms with Crippen LogP contribution in [0.25, 0.3) is 4.96 Å². The maximum atomic E-state index is 12.3. The number of aryl methyl sites for hydroxylation is 1. The van der Waals surface area contributed by atoms with E-state index in [-0.39, 0.29) is 11.5 Å². The molecule has 2 heterocycles. The molecule has 7 nitrogen and oxygen atoms in total. The minimum absolute atomic E-state index is 0.166. The van der Waals surface area contributed by atoms with E-state index in [1.54, 1.807) is 26.2 Å². The van der Waals surface area contributed by atoms with Crippen molar-refractivity contribution in [2.45, 2.75) is 26.8 Å². The van der Waals surface area contributed by atoms with Crippen molar-refractivity contribution in [3.8, 4) is 0 Å². The number of aliphatic carboxylic acids is 1. The molecular weight excluding hydrogens is 294 g/mol. The second kappa shape index (κ2) is 5.65. The number of rotatable bonds is 4. The smallest absolute Gasteiger partial charge is 0.326 e. The number of amides is 1. The first-order valence-electron chi connectivity index (χ1n) is 6.32. The number of fused-ring (bicyclic) bond motifs is 1. The number of thiazole rings is 1. The second-order valence-corrected chi connectivity index (χ2v) is 5.84. The Kier molecular flexibility index (Phi) is 4.08. The van der Waals surface area contributed by atoms with Gasteiger partial charge in [-0.15, -0.1) is 11.3 Å². The summed E-state index contributed by atoms with van der Waals surface area (Å²) < 4.78 is 1.34. The molecule has 0 unspecified atom stereocenters. The van der Waals surface area contributed by atoms with Crippen LogP contribution < -0.4 is 10.9 Å². The van der Waals surface area contributed by atoms with Crippen LogP contribution >= 0.6 is 11.3 Å². The van der Waals surface area contributed by atoms with E-state index < -0.39 is 23.5 Å². The molecule has 0 bridgehead atoms. The van der Waals surface area contributed by atoms with Crippen molar-refractivity contribution in [2.24, 2.45) is 5.92 Å². The summed E-state index contributed by atoms with van der Waals surface area (Å²) in [5.41, 5.74) is 0.0193. The van der Waals surface area contributed by atoms with Crippen molar-refractivity contribution in [1.29, 1.82) is 0 Å². The van der Waals surface area contributed by atoms with E-state index in [0.717, 1.165) is 0 Å². The molecule has 1 atom stereocenters. The first-order valence-corrected chi connectivity index (χ1v) is 7.20. The molecule has 2 aromatic rings. The fourth-order valence-corrected chi connectivity index (χ4v) is 2.74. The van der Waals surface area contributed by atoms with E-state index in [2.05, 4.69) is 10.3 Å². The monoisotopic (exact) mass is 309 g/mol. The van der Waals surface area contributed by atoms with E-state index in [1.807, 2.05) is 0 Å². The van der Waals surface area contributed by atoms with Gasteiger partial charge in [-0.1, -0.05) is 13.8 Å². The van der Waals surface area contributed by atoms with Crippen LogP contribution in [0, 0.1) is 12.8 Å². The largest absolute Gasteiger partial charge is 0.480 e. The zero-order valence-corrected chi connectivity index (χ0v) is 12.6. The molecule has 0 saturated heterocycles. The molecule has 0 radical (unpaired) electrons. The number of carboxylic acid groups (broad SMARTS) is 1. The highest BCUT2D eigenvalue weighted by molar-refractivity contribution is 7.15. The molecule has 0 spiro atoms. The van der Waals surface area contributed by atoms with Crippen LogP contribution in [0.1, 0.15) is 29.9 Å². The number of aromatic nitrogens is 2. The summed E-state index contributed by atoms with van der Waals surface area (Å²) in [6.07, 6.45) is 1.18. The van der Waals surface area contributed by atoms with Crippen molar-refractivity contribution in [2.75, 3.05) is 0 Å². The van der Waals surface area contributed by atoms with Gasteiger partial charge in [-0.25, -0.2) is 9.78 Å². The van der Waals surface area contributed by atoms with Gasteiger partial charge in [0.05, 0.1) is 0 Å². The Hall–Kier alpha value is -2.22. The third-order valence-corrected chi connectivity index (χ3v) is 4.04. The van der Waals surface area contributed by atoms with Gasteiger partial charge in [-0.3, -0.25) is 14.0 Å². The van der Waals surface area contributed by atoms with Crippen molar-refractivity contribution < 1.29 is 14.7 Å². The van der Waals surface area contributed by atoms with Crippen molar-refractivity contribution in [3.63, 3.8) is 0 Å². The molecule has 0 aromatic carbocycles. The first-order chi connectivity index (χ1) is 9.82. The molecular formula is C13H15N3O4S. The average Bonchev–Trinajstić information content (AvgIpc) is 2.77. The Morgan fingerprint density at radius 1 is 1.43 bits per heavy atom. The Balaban J connectivity index is 2.40. The highest BCUT2D eigenvalue weighted by Crippen LogP contribution is 2.11. The van der Waals surface area contributed by atoms with Crippen LogP contribution in [0.2, 0.25) is 0 Å². The summed E-state index contributed by atoms with van der Waals surface area (Å²) in [5.74, 6) is -2.17. The van der Waals surface area contributed by atoms with Crippen molar-refractivity contribution in [1.82, 2.24) is 14.7 Å². The van der Waals surface area contributed by atoms with Gasteiger partial charge < -0.3 is 10.4 Å². The molecule has 0 saturated carbocycles. The third-order valence-electron chi connectivity index (χ3n) is 3.08. The minimum Gasteiger partial charge on any atom is -0.480 e. The zero-order valence-electron chi connectivity index (χ0n) is 11.8. The van der Waals surface area contributed by atoms with Gasteiger partial charge in [0, 0.05) is 17.3 Å². The van der Waals surface area contributed by atoms with E-state index in [1.165, 1.54) is 21.9 Å². The van der Waals surface area contributed by atoms with Gasteiger partial charge in [-0.05, 0) is 12.8 Å². The topological polar surface area (TPSA) is 101 Å². The maximum absolute atomic E-state index is 12.3. The van der Waals surface area contributed by atoms with E-state index in [4.69, 9.17) is 5.11 Å². The third kappa shape index (κ3) is 2.80. The number of nitrogens with one attached hydrogen (secondary N) is 1. The molecule has 8 heteroatoms. The number of hydrogen-bond acceptors (Lipinski definition) is 5. The molecule has 21 heavy (non-hydrogen) atoms. The lowest BCUT2D eigenvalue weighted by atomic mass is 10.0. The number of nitrogens with zero attached hydrogens (tertiary/aromatic N) is 2. The lowest BCUT2D eigenvalue weighted by Gasteiger charge is -2.17. The summed E-state index contributed by atoms with van der Waals surface area (Å²) >= 11 is 1.30. The number of carbonyl (C=O) groups is 2. The molecule has 2 aromatic heterocycles. The Morgan fingerprint density at radius 3 is 2.67 bits per heavy atom. The predicted molar refractivity (Wildman–Crippen MR) is 77.8 cm³/mol. The normalized spacial score (nSPS) is 12.6. The zero-order chi connectivity index (χ0) is 15.7. The maximum Gasteiger partial charge on any atom is 0.326 e. The number of carboxylic acids is 1. The van der Waals surface area contributed by atoms with Crippen LogP contribution in [0.3, 0.4) is 0 Å². The highest BCUT2D eigenvalue weighted by Gasteiger charge is 2.25. The fourth-order valence-electron chi connectivity index (χ4n) is 1.91. The number of carbonyl (C=O) groups excluding carboxylic acids is 1. The van der Waals surface area contributed by atoms with Gasteiger partial charge in [-0.2, -0.15) is 0 Å². The average molecular weight is 309 g/mol. The summed E-state index contributed by atoms with van der Waals surface area (Å²) in [4.78, 5) is 40.1. The van der Waals surface area contributed by atoms with Crippen molar-refractivity contribution >= 4 is 28.2 Å². The Labute approximate surface area is 124 Å². The van der Waals surface area contributed by atoms with E-state index in [0.29, 0.717) is 10.7 Å². The van der Waals surface area contributed by atoms with Gasteiger partial charge >= 0.3 is 5.97 Å². The van der Waals surface area contributed by atoms with Gasteiger partial charge in [0.2, 0.25) is 0 Å². The van der Waals surface area contributed by atoms with Gasteiger partial charge in [0.25, 0.3) is 11.5 Å². The molecule has 0 aliphatic heterocycles. The Bertz CT molecular complexity index is 762. The summed E-state index contributed by atoms with van der Waals surface area (Å²) in [6, 6.07) is -1.05. The van der Waals surface area contributed by atoms with E-state index in [9.17, 15) is 14.4 Å².